The zero-order valence-electron chi connectivity index (χ0n) is 11.4. The first-order valence-electron chi connectivity index (χ1n) is 6.07. The van der Waals surface area contributed by atoms with Gasteiger partial charge in [-0.2, -0.15) is 0 Å². The molecule has 0 aromatic heterocycles. The van der Waals surface area contributed by atoms with E-state index in [0.29, 0.717) is 12.8 Å². The Morgan fingerprint density at radius 2 is 1.59 bits per heavy atom. The summed E-state index contributed by atoms with van der Waals surface area (Å²) in [5.41, 5.74) is -0.818. The van der Waals surface area contributed by atoms with Gasteiger partial charge in [0.25, 0.3) is 0 Å². The number of rotatable bonds is 2. The average Bonchev–Trinajstić information content (AvgIpc) is 1.93. The number of aliphatic hydroxyl groups is 1. The molecule has 0 saturated carbocycles. The molecule has 4 nitrogen and oxygen atoms in total. The van der Waals surface area contributed by atoms with E-state index in [2.05, 4.69) is 0 Å². The molecule has 0 bridgehead atoms. The van der Waals surface area contributed by atoms with E-state index < -0.39 is 11.1 Å². The molecule has 0 aliphatic carbocycles. The van der Waals surface area contributed by atoms with E-state index >= 15 is 0 Å². The fourth-order valence-electron chi connectivity index (χ4n) is 3.19. The monoisotopic (exact) mass is 241 g/mol. The van der Waals surface area contributed by atoms with Crippen LogP contribution in [0, 0.1) is 0 Å². The number of nitrogens with zero attached hydrogens (tertiary/aromatic N) is 1. The lowest BCUT2D eigenvalue weighted by molar-refractivity contribution is -0.155. The van der Waals surface area contributed by atoms with Crippen molar-refractivity contribution in [2.45, 2.75) is 71.1 Å². The standard InChI is InChI=1S/C13H23NO3/c1-9(15)6-11(17)14-12(2,3)7-10(16)8-13(14,4)5/h10,16H,6-8H2,1-5H3. The Bertz CT molecular complexity index is 316. The zero-order chi connectivity index (χ0) is 13.4. The molecule has 17 heavy (non-hydrogen) atoms. The first-order chi connectivity index (χ1) is 7.56. The Morgan fingerprint density at radius 1 is 1.18 bits per heavy atom. The summed E-state index contributed by atoms with van der Waals surface area (Å²) in [5.74, 6) is -0.257. The molecule has 4 heteroatoms. The molecule has 1 heterocycles. The lowest BCUT2D eigenvalue weighted by atomic mass is 9.78. The number of aliphatic hydroxyl groups excluding tert-OH is 1. The maximum atomic E-state index is 12.2. The third-order valence-corrected chi connectivity index (χ3v) is 3.33. The minimum atomic E-state index is -0.409. The number of Topliss-reactive ketones (excluding diaryl/α,β-unsaturated/α-hetero) is 1. The number of hydrogen-bond acceptors (Lipinski definition) is 3. The normalized spacial score (nSPS) is 23.5. The van der Waals surface area contributed by atoms with Gasteiger partial charge in [-0.05, 0) is 47.5 Å². The van der Waals surface area contributed by atoms with Gasteiger partial charge in [0.15, 0.2) is 0 Å². The molecule has 1 aliphatic heterocycles. The van der Waals surface area contributed by atoms with Gasteiger partial charge in [0.1, 0.15) is 5.78 Å². The molecule has 0 radical (unpaired) electrons. The van der Waals surface area contributed by atoms with E-state index in [4.69, 9.17) is 0 Å². The van der Waals surface area contributed by atoms with E-state index in [1.54, 1.807) is 4.90 Å². The second-order valence-electron chi connectivity index (χ2n) is 6.29. The van der Waals surface area contributed by atoms with E-state index in [0.717, 1.165) is 0 Å². The highest BCUT2D eigenvalue weighted by molar-refractivity contribution is 5.97. The topological polar surface area (TPSA) is 57.6 Å². The second-order valence-corrected chi connectivity index (χ2v) is 6.29. The SMILES string of the molecule is CC(=O)CC(=O)N1C(C)(C)CC(O)CC1(C)C. The summed E-state index contributed by atoms with van der Waals surface area (Å²) >= 11 is 0. The van der Waals surface area contributed by atoms with Crippen LogP contribution in [0.4, 0.5) is 0 Å². The third kappa shape index (κ3) is 3.06. The van der Waals surface area contributed by atoms with Crippen LogP contribution in [0.5, 0.6) is 0 Å². The van der Waals surface area contributed by atoms with Crippen LogP contribution >= 0.6 is 0 Å². The van der Waals surface area contributed by atoms with E-state index in [1.165, 1.54) is 6.92 Å². The van der Waals surface area contributed by atoms with Crippen LogP contribution in [0.2, 0.25) is 0 Å². The molecule has 1 aliphatic rings. The van der Waals surface area contributed by atoms with Gasteiger partial charge in [-0.15, -0.1) is 0 Å². The average molecular weight is 241 g/mol. The summed E-state index contributed by atoms with van der Waals surface area (Å²) in [6.07, 6.45) is 0.671. The van der Waals surface area contributed by atoms with Crippen LogP contribution < -0.4 is 0 Å². The highest BCUT2D eigenvalue weighted by atomic mass is 16.3. The molecule has 0 unspecified atom stereocenters. The third-order valence-electron chi connectivity index (χ3n) is 3.33. The number of ketones is 1. The summed E-state index contributed by atoms with van der Waals surface area (Å²) in [4.78, 5) is 25.0. The number of likely N-dealkylation sites (tertiary alicyclic amines) is 1. The lowest BCUT2D eigenvalue weighted by Gasteiger charge is -2.54. The summed E-state index contributed by atoms with van der Waals surface area (Å²) in [6, 6.07) is 0. The number of hydrogen-bond donors (Lipinski definition) is 1. The summed E-state index contributed by atoms with van der Waals surface area (Å²) in [5, 5.41) is 9.86. The molecule has 1 amide bonds. The van der Waals surface area contributed by atoms with Crippen LogP contribution in [0.1, 0.15) is 53.9 Å². The summed E-state index contributed by atoms with van der Waals surface area (Å²) in [7, 11) is 0. The zero-order valence-corrected chi connectivity index (χ0v) is 11.4. The maximum absolute atomic E-state index is 12.2. The summed E-state index contributed by atoms with van der Waals surface area (Å²) < 4.78 is 0. The molecule has 1 fully saturated rings. The van der Waals surface area contributed by atoms with Crippen molar-refractivity contribution in [3.05, 3.63) is 0 Å². The van der Waals surface area contributed by atoms with Crippen molar-refractivity contribution in [3.63, 3.8) is 0 Å². The van der Waals surface area contributed by atoms with Crippen LogP contribution in [0.15, 0.2) is 0 Å². The smallest absolute Gasteiger partial charge is 0.230 e. The van der Waals surface area contributed by atoms with Crippen LogP contribution in [0.3, 0.4) is 0 Å². The van der Waals surface area contributed by atoms with Gasteiger partial charge in [-0.1, -0.05) is 0 Å². The molecule has 0 aromatic rings. The van der Waals surface area contributed by atoms with Crippen LogP contribution in [0.25, 0.3) is 0 Å². The number of piperidine rings is 1. The maximum Gasteiger partial charge on any atom is 0.230 e. The molecular weight excluding hydrogens is 218 g/mol. The Morgan fingerprint density at radius 3 is 1.94 bits per heavy atom. The number of carbonyl (C=O) groups excluding carboxylic acids is 2. The Hall–Kier alpha value is -0.900. The quantitative estimate of drug-likeness (QED) is 0.745. The predicted molar refractivity (Wildman–Crippen MR) is 65.5 cm³/mol. The van der Waals surface area contributed by atoms with Crippen LogP contribution in [-0.2, 0) is 9.59 Å². The first-order valence-corrected chi connectivity index (χ1v) is 6.07. The Labute approximate surface area is 103 Å². The molecule has 1 saturated heterocycles. The van der Waals surface area contributed by atoms with E-state index in [-0.39, 0.29) is 24.2 Å². The number of carbonyl (C=O) groups is 2. The van der Waals surface area contributed by atoms with Crippen molar-refractivity contribution in [1.29, 1.82) is 0 Å². The lowest BCUT2D eigenvalue weighted by Crippen LogP contribution is -2.64. The van der Waals surface area contributed by atoms with Gasteiger partial charge < -0.3 is 10.0 Å². The van der Waals surface area contributed by atoms with E-state index in [1.807, 2.05) is 27.7 Å². The number of amides is 1. The van der Waals surface area contributed by atoms with Crippen LogP contribution in [-0.4, -0.2) is 38.9 Å². The van der Waals surface area contributed by atoms with Gasteiger partial charge in [0.05, 0.1) is 12.5 Å². The second kappa shape index (κ2) is 4.41. The van der Waals surface area contributed by atoms with Crippen molar-refractivity contribution < 1.29 is 14.7 Å². The highest BCUT2D eigenvalue weighted by Crippen LogP contribution is 2.38. The fourth-order valence-corrected chi connectivity index (χ4v) is 3.19. The first kappa shape index (κ1) is 14.2. The molecule has 1 rings (SSSR count). The Kier molecular flexibility index (Phi) is 3.67. The molecular formula is C13H23NO3. The van der Waals surface area contributed by atoms with Crippen molar-refractivity contribution >= 4 is 11.7 Å². The molecule has 98 valence electrons. The van der Waals surface area contributed by atoms with Crippen molar-refractivity contribution in [3.8, 4) is 0 Å². The van der Waals surface area contributed by atoms with Gasteiger partial charge in [-0.3, -0.25) is 9.59 Å². The summed E-state index contributed by atoms with van der Waals surface area (Å²) in [6.45, 7) is 9.19. The van der Waals surface area contributed by atoms with Gasteiger partial charge in [0.2, 0.25) is 5.91 Å². The van der Waals surface area contributed by atoms with Gasteiger partial charge in [-0.25, -0.2) is 0 Å². The van der Waals surface area contributed by atoms with E-state index in [9.17, 15) is 14.7 Å². The fraction of sp³-hybridized carbons (Fsp3) is 0.846. The molecule has 0 atom stereocenters. The van der Waals surface area contributed by atoms with Crippen molar-refractivity contribution in [2.75, 3.05) is 0 Å². The molecule has 0 aromatic carbocycles. The molecule has 1 N–H and O–H groups in total. The minimum absolute atomic E-state index is 0.0526. The van der Waals surface area contributed by atoms with Gasteiger partial charge in [0, 0.05) is 11.1 Å². The molecule has 0 spiro atoms. The minimum Gasteiger partial charge on any atom is -0.393 e. The highest BCUT2D eigenvalue weighted by Gasteiger charge is 2.47. The van der Waals surface area contributed by atoms with Gasteiger partial charge >= 0.3 is 0 Å². The Balaban J connectivity index is 3.00. The predicted octanol–water partition coefficient (Wildman–Crippen LogP) is 1.51. The van der Waals surface area contributed by atoms with Crippen molar-refractivity contribution in [1.82, 2.24) is 4.90 Å². The largest absolute Gasteiger partial charge is 0.393 e. The van der Waals surface area contributed by atoms with Crippen molar-refractivity contribution in [2.24, 2.45) is 0 Å².